The molecular weight excluding hydrogens is 424 g/mol. The van der Waals surface area contributed by atoms with Gasteiger partial charge in [0, 0.05) is 17.2 Å². The predicted octanol–water partition coefficient (Wildman–Crippen LogP) is 5.21. The number of phenolic OH excluding ortho intramolecular Hbond substituents is 1. The van der Waals surface area contributed by atoms with Gasteiger partial charge in [-0.2, -0.15) is 0 Å². The van der Waals surface area contributed by atoms with E-state index in [-0.39, 0.29) is 34.3 Å². The van der Waals surface area contributed by atoms with Gasteiger partial charge in [-0.05, 0) is 29.8 Å². The van der Waals surface area contributed by atoms with Crippen molar-refractivity contribution >= 4 is 27.9 Å². The van der Waals surface area contributed by atoms with E-state index in [1.165, 1.54) is 12.3 Å². The van der Waals surface area contributed by atoms with Crippen molar-refractivity contribution in [2.75, 3.05) is 7.11 Å². The van der Waals surface area contributed by atoms with Crippen LogP contribution in [0.15, 0.2) is 80.6 Å². The number of furan rings is 1. The van der Waals surface area contributed by atoms with Crippen molar-refractivity contribution in [1.29, 1.82) is 0 Å². The van der Waals surface area contributed by atoms with Crippen molar-refractivity contribution in [3.05, 3.63) is 82.7 Å². The summed E-state index contributed by atoms with van der Waals surface area (Å²) < 4.78 is 17.0. The quantitative estimate of drug-likeness (QED) is 0.384. The Labute approximate surface area is 187 Å². The third-order valence-electron chi connectivity index (χ3n) is 5.54. The van der Waals surface area contributed by atoms with Crippen LogP contribution in [0.1, 0.15) is 5.56 Å². The van der Waals surface area contributed by atoms with Crippen LogP contribution in [0.5, 0.6) is 11.5 Å². The van der Waals surface area contributed by atoms with E-state index >= 15 is 0 Å². The number of carboxylic acid groups (broad SMARTS) is 1. The van der Waals surface area contributed by atoms with Crippen LogP contribution in [0.3, 0.4) is 0 Å². The molecule has 0 bridgehead atoms. The minimum Gasteiger partial charge on any atom is -0.507 e. The molecule has 7 heteroatoms. The van der Waals surface area contributed by atoms with Crippen LogP contribution >= 0.6 is 0 Å². The zero-order valence-corrected chi connectivity index (χ0v) is 17.5. The first kappa shape index (κ1) is 20.4. The van der Waals surface area contributed by atoms with E-state index in [9.17, 15) is 19.8 Å². The van der Waals surface area contributed by atoms with Crippen LogP contribution in [0, 0.1) is 0 Å². The summed E-state index contributed by atoms with van der Waals surface area (Å²) in [6.45, 7) is 0. The lowest BCUT2D eigenvalue weighted by molar-refractivity contribution is -0.136. The largest absolute Gasteiger partial charge is 0.507 e. The van der Waals surface area contributed by atoms with Crippen molar-refractivity contribution in [3.8, 4) is 33.9 Å². The summed E-state index contributed by atoms with van der Waals surface area (Å²) in [5.41, 5.74) is 1.78. The molecule has 0 radical (unpaired) electrons. The fourth-order valence-electron chi connectivity index (χ4n) is 4.03. The number of hydrogen-bond donors (Lipinski definition) is 2. The minimum absolute atomic E-state index is 0.0300. The summed E-state index contributed by atoms with van der Waals surface area (Å²) in [5.74, 6) is -0.424. The van der Waals surface area contributed by atoms with E-state index in [4.69, 9.17) is 13.6 Å². The second-order valence-corrected chi connectivity index (χ2v) is 7.53. The van der Waals surface area contributed by atoms with Gasteiger partial charge in [0.1, 0.15) is 34.5 Å². The van der Waals surface area contributed by atoms with Crippen LogP contribution in [0.25, 0.3) is 44.4 Å². The number of phenols is 1. The minimum atomic E-state index is -1.07. The molecule has 2 heterocycles. The molecule has 3 aromatic carbocycles. The molecule has 0 spiro atoms. The summed E-state index contributed by atoms with van der Waals surface area (Å²) in [5, 5.41) is 20.6. The van der Waals surface area contributed by atoms with Gasteiger partial charge in [0.2, 0.25) is 5.43 Å². The maximum Gasteiger partial charge on any atom is 0.307 e. The van der Waals surface area contributed by atoms with E-state index in [0.29, 0.717) is 33.6 Å². The average Bonchev–Trinajstić information content (AvgIpc) is 3.17. The van der Waals surface area contributed by atoms with Crippen LogP contribution < -0.4 is 10.2 Å². The molecule has 164 valence electrons. The van der Waals surface area contributed by atoms with E-state index in [1.807, 2.05) is 6.07 Å². The van der Waals surface area contributed by atoms with Crippen LogP contribution in [-0.4, -0.2) is 23.3 Å². The van der Waals surface area contributed by atoms with Crippen molar-refractivity contribution in [3.63, 3.8) is 0 Å². The number of ether oxygens (including phenoxy) is 1. The molecule has 7 nitrogen and oxygen atoms in total. The highest BCUT2D eigenvalue weighted by Gasteiger charge is 2.25. The van der Waals surface area contributed by atoms with Crippen LogP contribution in [0.2, 0.25) is 0 Å². The van der Waals surface area contributed by atoms with Gasteiger partial charge in [0.05, 0.1) is 24.5 Å². The topological polar surface area (TPSA) is 110 Å². The molecule has 5 rings (SSSR count). The van der Waals surface area contributed by atoms with Crippen molar-refractivity contribution in [2.24, 2.45) is 0 Å². The fraction of sp³-hybridized carbons (Fsp3) is 0.0769. The zero-order valence-electron chi connectivity index (χ0n) is 17.5. The Morgan fingerprint density at radius 1 is 1.00 bits per heavy atom. The maximum atomic E-state index is 13.3. The van der Waals surface area contributed by atoms with E-state index in [2.05, 4.69) is 0 Å². The number of fused-ring (bicyclic) bond motifs is 3. The monoisotopic (exact) mass is 442 g/mol. The first-order valence-electron chi connectivity index (χ1n) is 10.1. The van der Waals surface area contributed by atoms with Crippen molar-refractivity contribution < 1.29 is 28.6 Å². The predicted molar refractivity (Wildman–Crippen MR) is 123 cm³/mol. The number of methoxy groups -OCH3 is 1. The van der Waals surface area contributed by atoms with Gasteiger partial charge in [0.25, 0.3) is 0 Å². The number of carbonyl (C=O) groups is 1. The third kappa shape index (κ3) is 3.40. The Kier molecular flexibility index (Phi) is 4.86. The van der Waals surface area contributed by atoms with E-state index < -0.39 is 11.4 Å². The van der Waals surface area contributed by atoms with Crippen LogP contribution in [0.4, 0.5) is 0 Å². The molecule has 2 aromatic heterocycles. The van der Waals surface area contributed by atoms with Gasteiger partial charge < -0.3 is 23.8 Å². The Morgan fingerprint density at radius 3 is 2.39 bits per heavy atom. The highest BCUT2D eigenvalue weighted by atomic mass is 16.5. The first-order valence-corrected chi connectivity index (χ1v) is 10.1. The highest BCUT2D eigenvalue weighted by Crippen LogP contribution is 2.41. The normalized spacial score (nSPS) is 11.2. The Balaban J connectivity index is 1.83. The van der Waals surface area contributed by atoms with Gasteiger partial charge in [-0.25, -0.2) is 0 Å². The summed E-state index contributed by atoms with van der Waals surface area (Å²) in [6.07, 6.45) is 0.960. The lowest BCUT2D eigenvalue weighted by Gasteiger charge is -2.06. The molecule has 33 heavy (non-hydrogen) atoms. The summed E-state index contributed by atoms with van der Waals surface area (Å²) in [6, 6.07) is 17.2. The standard InChI is InChI=1S/C26H18O7/c1-31-16-9-7-15(8-10-16)25-17(11-21(28)29)22-20(33-25)12-19(27)23-24(30)18(13-32-26(22)23)14-5-3-2-4-6-14/h2-10,12-13,27H,11H2,1H3,(H,28,29). The number of aliphatic carboxylic acids is 1. The second kappa shape index (κ2) is 7.87. The molecular formula is C26H18O7. The second-order valence-electron chi connectivity index (χ2n) is 7.53. The first-order chi connectivity index (χ1) is 16.0. The van der Waals surface area contributed by atoms with Gasteiger partial charge >= 0.3 is 5.97 Å². The Bertz CT molecular complexity index is 1560. The molecule has 2 N–H and O–H groups in total. The molecule has 0 unspecified atom stereocenters. The van der Waals surface area contributed by atoms with E-state index in [1.54, 1.807) is 55.6 Å². The van der Waals surface area contributed by atoms with Crippen molar-refractivity contribution in [2.45, 2.75) is 6.42 Å². The summed E-state index contributed by atoms with van der Waals surface area (Å²) >= 11 is 0. The SMILES string of the molecule is COc1ccc(-c2oc3cc(O)c4c(=O)c(-c5ccccc5)coc4c3c2CC(=O)O)cc1. The molecule has 0 saturated heterocycles. The number of hydrogen-bond acceptors (Lipinski definition) is 6. The van der Waals surface area contributed by atoms with Crippen molar-refractivity contribution in [1.82, 2.24) is 0 Å². The number of rotatable bonds is 5. The molecule has 0 amide bonds. The summed E-state index contributed by atoms with van der Waals surface area (Å²) in [4.78, 5) is 25.0. The third-order valence-corrected chi connectivity index (χ3v) is 5.54. The number of aromatic hydroxyl groups is 1. The molecule has 0 aliphatic heterocycles. The molecule has 0 aliphatic rings. The highest BCUT2D eigenvalue weighted by molar-refractivity contribution is 6.10. The van der Waals surface area contributed by atoms with E-state index in [0.717, 1.165) is 0 Å². The summed E-state index contributed by atoms with van der Waals surface area (Å²) in [7, 11) is 1.55. The molecule has 0 aliphatic carbocycles. The lowest BCUT2D eigenvalue weighted by Crippen LogP contribution is -2.06. The van der Waals surface area contributed by atoms with Crippen LogP contribution in [-0.2, 0) is 11.2 Å². The average molecular weight is 442 g/mol. The lowest BCUT2D eigenvalue weighted by atomic mass is 9.99. The molecule has 0 fully saturated rings. The molecule has 0 atom stereocenters. The van der Waals surface area contributed by atoms with Gasteiger partial charge in [0.15, 0.2) is 5.58 Å². The smallest absolute Gasteiger partial charge is 0.307 e. The number of benzene rings is 3. The number of carboxylic acids is 1. The fourth-order valence-corrected chi connectivity index (χ4v) is 4.03. The van der Waals surface area contributed by atoms with Gasteiger partial charge in [-0.15, -0.1) is 0 Å². The Morgan fingerprint density at radius 2 is 1.73 bits per heavy atom. The van der Waals surface area contributed by atoms with Gasteiger partial charge in [-0.3, -0.25) is 9.59 Å². The Hall–Kier alpha value is -4.52. The molecule has 0 saturated carbocycles. The zero-order chi connectivity index (χ0) is 23.1. The maximum absolute atomic E-state index is 13.3. The molecule has 5 aromatic rings. The van der Waals surface area contributed by atoms with Gasteiger partial charge in [-0.1, -0.05) is 30.3 Å².